The van der Waals surface area contributed by atoms with Crippen LogP contribution in [0.25, 0.3) is 0 Å². The van der Waals surface area contributed by atoms with E-state index in [4.69, 9.17) is 4.74 Å². The number of hydrogen-bond donors (Lipinski definition) is 1. The summed E-state index contributed by atoms with van der Waals surface area (Å²) in [5.41, 5.74) is 3.77. The number of aromatic nitrogens is 1. The van der Waals surface area contributed by atoms with Crippen molar-refractivity contribution in [3.05, 3.63) is 52.3 Å². The Labute approximate surface area is 175 Å². The molecule has 1 N–H and O–H groups in total. The van der Waals surface area contributed by atoms with Gasteiger partial charge in [0.05, 0.1) is 11.6 Å². The summed E-state index contributed by atoms with van der Waals surface area (Å²) in [4.78, 5) is 53.8. The molecular weight excluding hydrogens is 384 g/mol. The van der Waals surface area contributed by atoms with Crippen LogP contribution in [-0.2, 0) is 20.7 Å². The fraction of sp³-hybridized carbons (Fsp3) is 0.391. The summed E-state index contributed by atoms with van der Waals surface area (Å²) < 4.78 is 5.22. The van der Waals surface area contributed by atoms with Crippen LogP contribution in [0.5, 0.6) is 0 Å². The Balaban J connectivity index is 1.65. The average Bonchev–Trinajstić information content (AvgIpc) is 3.25. The van der Waals surface area contributed by atoms with Gasteiger partial charge in [0.2, 0.25) is 11.7 Å². The smallest absolute Gasteiger partial charge is 0.311 e. The number of carbonyl (C=O) groups excluding carboxylic acids is 4. The second-order valence-electron chi connectivity index (χ2n) is 7.60. The zero-order chi connectivity index (χ0) is 22.0. The average molecular weight is 410 g/mol. The molecule has 2 aromatic rings. The number of para-hydroxylation sites is 1. The highest BCUT2D eigenvalue weighted by Gasteiger charge is 2.37. The Kier molecular flexibility index (Phi) is 6.20. The molecule has 1 fully saturated rings. The number of nitrogens with zero attached hydrogens (tertiary/aromatic N) is 1. The molecule has 0 radical (unpaired) electrons. The lowest BCUT2D eigenvalue weighted by Crippen LogP contribution is -2.28. The van der Waals surface area contributed by atoms with E-state index in [0.29, 0.717) is 16.8 Å². The van der Waals surface area contributed by atoms with Crippen molar-refractivity contribution >= 4 is 29.1 Å². The van der Waals surface area contributed by atoms with Crippen LogP contribution < -0.4 is 4.90 Å². The SMILES string of the molecule is CCc1ccccc1N1C[C@@H](C(=O)OCC(=O)c2[nH]c(C)c(C(C)=O)c2C)CC1=O. The molecule has 1 aliphatic rings. The van der Waals surface area contributed by atoms with Crippen molar-refractivity contribution in [3.8, 4) is 0 Å². The van der Waals surface area contributed by atoms with Crippen LogP contribution in [0.2, 0.25) is 0 Å². The molecule has 0 saturated carbocycles. The third-order valence-electron chi connectivity index (χ3n) is 5.54. The Morgan fingerprint density at radius 3 is 2.53 bits per heavy atom. The number of benzene rings is 1. The molecular formula is C23H26N2O5. The Bertz CT molecular complexity index is 1020. The van der Waals surface area contributed by atoms with Crippen LogP contribution in [-0.4, -0.2) is 41.6 Å². The standard InChI is InChI=1S/C23H26N2O5/c1-5-16-8-6-7-9-18(16)25-11-17(10-20(25)28)23(29)30-12-19(27)22-13(2)21(15(4)26)14(3)24-22/h6-9,17,24H,5,10-12H2,1-4H3/t17-/m0/s1. The molecule has 1 saturated heterocycles. The zero-order valence-corrected chi connectivity index (χ0v) is 17.7. The largest absolute Gasteiger partial charge is 0.457 e. The molecule has 0 bridgehead atoms. The van der Waals surface area contributed by atoms with Crippen molar-refractivity contribution < 1.29 is 23.9 Å². The van der Waals surface area contributed by atoms with Crippen LogP contribution in [0.4, 0.5) is 5.69 Å². The van der Waals surface area contributed by atoms with E-state index in [9.17, 15) is 19.2 Å². The van der Waals surface area contributed by atoms with Gasteiger partial charge < -0.3 is 14.6 Å². The fourth-order valence-electron chi connectivity index (χ4n) is 4.06. The minimum atomic E-state index is -0.616. The number of ether oxygens (including phenoxy) is 1. The summed E-state index contributed by atoms with van der Waals surface area (Å²) in [6, 6.07) is 7.62. The van der Waals surface area contributed by atoms with Gasteiger partial charge in [0.15, 0.2) is 12.4 Å². The molecule has 3 rings (SSSR count). The van der Waals surface area contributed by atoms with E-state index in [0.717, 1.165) is 17.7 Å². The Morgan fingerprint density at radius 1 is 1.20 bits per heavy atom. The molecule has 1 aliphatic heterocycles. The van der Waals surface area contributed by atoms with Gasteiger partial charge >= 0.3 is 5.97 Å². The lowest BCUT2D eigenvalue weighted by molar-refractivity contribution is -0.147. The number of nitrogens with one attached hydrogen (secondary N) is 1. The first kappa shape index (κ1) is 21.5. The van der Waals surface area contributed by atoms with Gasteiger partial charge in [0.1, 0.15) is 0 Å². The van der Waals surface area contributed by atoms with Gasteiger partial charge in [-0.25, -0.2) is 0 Å². The van der Waals surface area contributed by atoms with Crippen LogP contribution >= 0.6 is 0 Å². The van der Waals surface area contributed by atoms with Gasteiger partial charge in [-0.1, -0.05) is 25.1 Å². The number of Topliss-reactive ketones (excluding diaryl/α,β-unsaturated/α-hetero) is 2. The molecule has 158 valence electrons. The third-order valence-corrected chi connectivity index (χ3v) is 5.54. The van der Waals surface area contributed by atoms with E-state index in [1.165, 1.54) is 6.92 Å². The predicted octanol–water partition coefficient (Wildman–Crippen LogP) is 3.18. The number of anilines is 1. The van der Waals surface area contributed by atoms with Gasteiger partial charge in [-0.2, -0.15) is 0 Å². The fourth-order valence-corrected chi connectivity index (χ4v) is 4.06. The van der Waals surface area contributed by atoms with E-state index in [1.807, 2.05) is 31.2 Å². The van der Waals surface area contributed by atoms with Crippen molar-refractivity contribution in [3.63, 3.8) is 0 Å². The highest BCUT2D eigenvalue weighted by atomic mass is 16.5. The monoisotopic (exact) mass is 410 g/mol. The first-order valence-corrected chi connectivity index (χ1v) is 10.0. The van der Waals surface area contributed by atoms with Crippen molar-refractivity contribution in [2.24, 2.45) is 5.92 Å². The minimum Gasteiger partial charge on any atom is -0.457 e. The number of ketones is 2. The number of amides is 1. The maximum atomic E-state index is 12.5. The molecule has 1 aromatic heterocycles. The summed E-state index contributed by atoms with van der Waals surface area (Å²) in [6.07, 6.45) is 0.834. The highest BCUT2D eigenvalue weighted by molar-refractivity contribution is 6.04. The molecule has 1 atom stereocenters. The molecule has 0 unspecified atom stereocenters. The quantitative estimate of drug-likeness (QED) is 0.559. The molecule has 1 aromatic carbocycles. The Morgan fingerprint density at radius 2 is 1.90 bits per heavy atom. The van der Waals surface area contributed by atoms with Gasteiger partial charge in [-0.3, -0.25) is 19.2 Å². The van der Waals surface area contributed by atoms with Gasteiger partial charge in [0, 0.05) is 29.9 Å². The summed E-state index contributed by atoms with van der Waals surface area (Å²) in [7, 11) is 0. The number of aromatic amines is 1. The number of esters is 1. The van der Waals surface area contributed by atoms with E-state index < -0.39 is 24.3 Å². The lowest BCUT2D eigenvalue weighted by atomic mass is 10.1. The molecule has 30 heavy (non-hydrogen) atoms. The number of H-pyrrole nitrogens is 1. The predicted molar refractivity (Wildman–Crippen MR) is 112 cm³/mol. The molecule has 0 aliphatic carbocycles. The number of hydrogen-bond acceptors (Lipinski definition) is 5. The molecule has 7 nitrogen and oxygen atoms in total. The minimum absolute atomic E-state index is 0.0557. The van der Waals surface area contributed by atoms with E-state index >= 15 is 0 Å². The molecule has 2 heterocycles. The lowest BCUT2D eigenvalue weighted by Gasteiger charge is -2.19. The summed E-state index contributed by atoms with van der Waals surface area (Å²) in [6.45, 7) is 6.66. The number of carbonyl (C=O) groups is 4. The van der Waals surface area contributed by atoms with E-state index in [2.05, 4.69) is 4.98 Å². The number of aryl methyl sites for hydroxylation is 2. The Hall–Kier alpha value is -3.22. The second-order valence-corrected chi connectivity index (χ2v) is 7.60. The molecule has 1 amide bonds. The topological polar surface area (TPSA) is 96.5 Å². The second kappa shape index (κ2) is 8.65. The van der Waals surface area contributed by atoms with Crippen molar-refractivity contribution in [1.82, 2.24) is 4.98 Å². The van der Waals surface area contributed by atoms with Gasteiger partial charge in [0.25, 0.3) is 0 Å². The maximum absolute atomic E-state index is 12.5. The first-order chi connectivity index (χ1) is 14.2. The van der Waals surface area contributed by atoms with Gasteiger partial charge in [-0.05, 0) is 44.4 Å². The van der Waals surface area contributed by atoms with Crippen LogP contribution in [0.1, 0.15) is 57.9 Å². The van der Waals surface area contributed by atoms with Crippen LogP contribution in [0, 0.1) is 19.8 Å². The van der Waals surface area contributed by atoms with Crippen LogP contribution in [0.3, 0.4) is 0 Å². The highest BCUT2D eigenvalue weighted by Crippen LogP contribution is 2.29. The van der Waals surface area contributed by atoms with E-state index in [1.54, 1.807) is 18.7 Å². The normalized spacial score (nSPS) is 16.1. The van der Waals surface area contributed by atoms with Crippen molar-refractivity contribution in [2.75, 3.05) is 18.1 Å². The zero-order valence-electron chi connectivity index (χ0n) is 17.7. The van der Waals surface area contributed by atoms with Gasteiger partial charge in [-0.15, -0.1) is 0 Å². The molecule has 0 spiro atoms. The summed E-state index contributed by atoms with van der Waals surface area (Å²) in [5.74, 6) is -1.86. The van der Waals surface area contributed by atoms with Crippen molar-refractivity contribution in [1.29, 1.82) is 0 Å². The maximum Gasteiger partial charge on any atom is 0.311 e. The first-order valence-electron chi connectivity index (χ1n) is 10.0. The van der Waals surface area contributed by atoms with Crippen LogP contribution in [0.15, 0.2) is 24.3 Å². The van der Waals surface area contributed by atoms with Crippen molar-refractivity contribution in [2.45, 2.75) is 40.5 Å². The van der Waals surface area contributed by atoms with E-state index in [-0.39, 0.29) is 30.3 Å². The summed E-state index contributed by atoms with van der Waals surface area (Å²) in [5, 5.41) is 0. The molecule has 7 heteroatoms. The third kappa shape index (κ3) is 4.06. The summed E-state index contributed by atoms with van der Waals surface area (Å²) >= 11 is 0. The number of rotatable bonds is 7.